The van der Waals surface area contributed by atoms with Crippen LogP contribution in [0.3, 0.4) is 0 Å². The third kappa shape index (κ3) is 2.40. The maximum absolute atomic E-state index is 12.9. The molecule has 0 heterocycles. The van der Waals surface area contributed by atoms with Gasteiger partial charge in [-0.1, -0.05) is 51.0 Å². The smallest absolute Gasteiger partial charge is 0.123 e. The summed E-state index contributed by atoms with van der Waals surface area (Å²) in [4.78, 5) is 0. The summed E-state index contributed by atoms with van der Waals surface area (Å²) in [5.41, 5.74) is 0. The van der Waals surface area contributed by atoms with Crippen LogP contribution >= 0.6 is 8.58 Å². The van der Waals surface area contributed by atoms with E-state index in [4.69, 9.17) is 0 Å². The Balaban J connectivity index is 2.19. The molecule has 0 aliphatic carbocycles. The monoisotopic (exact) mass is 204 g/mol. The molecule has 0 bridgehead atoms. The first-order chi connectivity index (χ1) is 6.84. The predicted molar refractivity (Wildman–Crippen MR) is 60.4 cm³/mol. The van der Waals surface area contributed by atoms with Gasteiger partial charge in [-0.25, -0.2) is 4.39 Å². The Morgan fingerprint density at radius 1 is 0.786 bits per heavy atom. The van der Waals surface area contributed by atoms with E-state index in [1.54, 1.807) is 12.1 Å². The van der Waals surface area contributed by atoms with Crippen LogP contribution < -0.4 is 10.6 Å². The van der Waals surface area contributed by atoms with Crippen molar-refractivity contribution in [3.63, 3.8) is 0 Å². The Kier molecular flexibility index (Phi) is 2.90. The normalized spacial score (nSPS) is 10.9. The van der Waals surface area contributed by atoms with E-state index in [9.17, 15) is 4.39 Å². The highest BCUT2D eigenvalue weighted by molar-refractivity contribution is 7.55. The minimum absolute atomic E-state index is 0.161. The van der Waals surface area contributed by atoms with Crippen LogP contribution in [0.1, 0.15) is 0 Å². The maximum Gasteiger partial charge on any atom is 0.123 e. The van der Waals surface area contributed by atoms with Gasteiger partial charge >= 0.3 is 0 Å². The van der Waals surface area contributed by atoms with Gasteiger partial charge in [0.05, 0.1) is 0 Å². The molecule has 14 heavy (non-hydrogen) atoms. The van der Waals surface area contributed by atoms with Gasteiger partial charge in [-0.15, -0.1) is 0 Å². The zero-order valence-corrected chi connectivity index (χ0v) is 8.57. The van der Waals surface area contributed by atoms with Crippen molar-refractivity contribution in [2.24, 2.45) is 0 Å². The van der Waals surface area contributed by atoms with E-state index in [-0.39, 0.29) is 5.82 Å². The largest absolute Gasteiger partial charge is 0.207 e. The molecule has 0 aliphatic heterocycles. The summed E-state index contributed by atoms with van der Waals surface area (Å²) in [6.07, 6.45) is 0. The summed E-state index contributed by atoms with van der Waals surface area (Å²) in [6, 6.07) is 16.9. The zero-order valence-electron chi connectivity index (χ0n) is 7.57. The average Bonchev–Trinajstić information content (AvgIpc) is 2.19. The van der Waals surface area contributed by atoms with Gasteiger partial charge in [0, 0.05) is 0 Å². The van der Waals surface area contributed by atoms with Crippen molar-refractivity contribution >= 4 is 19.2 Å². The Bertz CT molecular complexity index is 412. The van der Waals surface area contributed by atoms with Crippen molar-refractivity contribution in [1.29, 1.82) is 0 Å². The first-order valence-electron chi connectivity index (χ1n) is 4.42. The molecule has 0 saturated heterocycles. The van der Waals surface area contributed by atoms with Crippen LogP contribution in [0.4, 0.5) is 4.39 Å². The van der Waals surface area contributed by atoms with Gasteiger partial charge in [0.1, 0.15) is 5.82 Å². The van der Waals surface area contributed by atoms with Crippen LogP contribution in [0.15, 0.2) is 54.6 Å². The molecule has 0 N–H and O–H groups in total. The third-order valence-electron chi connectivity index (χ3n) is 1.89. The lowest BCUT2D eigenvalue weighted by atomic mass is 10.3. The molecule has 2 heteroatoms. The topological polar surface area (TPSA) is 0 Å². The Labute approximate surface area is 84.6 Å². The highest BCUT2D eigenvalue weighted by atomic mass is 31.1. The van der Waals surface area contributed by atoms with Crippen LogP contribution in [0.25, 0.3) is 0 Å². The van der Waals surface area contributed by atoms with Crippen LogP contribution in [-0.2, 0) is 0 Å². The van der Waals surface area contributed by atoms with Crippen LogP contribution in [0.2, 0.25) is 0 Å². The number of rotatable bonds is 2. The molecule has 0 saturated carbocycles. The average molecular weight is 204 g/mol. The highest BCUT2D eigenvalue weighted by Crippen LogP contribution is 2.10. The second-order valence-electron chi connectivity index (χ2n) is 3.00. The molecule has 0 aliphatic rings. The second kappa shape index (κ2) is 4.34. The summed E-state index contributed by atoms with van der Waals surface area (Å²) < 4.78 is 12.9. The molecule has 0 amide bonds. The molecule has 1 atom stereocenters. The number of benzene rings is 2. The fourth-order valence-electron chi connectivity index (χ4n) is 1.25. The van der Waals surface area contributed by atoms with Crippen molar-refractivity contribution in [2.45, 2.75) is 0 Å². The zero-order chi connectivity index (χ0) is 9.80. The van der Waals surface area contributed by atoms with Crippen LogP contribution in [0, 0.1) is 5.82 Å². The summed E-state index contributed by atoms with van der Waals surface area (Å²) in [6.45, 7) is 0. The van der Waals surface area contributed by atoms with E-state index in [0.29, 0.717) is 8.58 Å². The predicted octanol–water partition coefficient (Wildman–Crippen LogP) is 2.46. The standard InChI is InChI=1S/C12H10FP/c13-10-5-4-8-12(9-10)14-11-6-2-1-3-7-11/h1-9,14H. The maximum atomic E-state index is 12.9. The summed E-state index contributed by atoms with van der Waals surface area (Å²) in [7, 11) is 0.533. The fourth-order valence-corrected chi connectivity index (χ4v) is 2.34. The molecule has 2 rings (SSSR count). The Hall–Kier alpha value is -1.20. The Morgan fingerprint density at radius 2 is 1.50 bits per heavy atom. The molecule has 1 unspecified atom stereocenters. The van der Waals surface area contributed by atoms with Gasteiger partial charge in [-0.05, 0) is 22.7 Å². The van der Waals surface area contributed by atoms with Gasteiger partial charge in [0.2, 0.25) is 0 Å². The minimum atomic E-state index is -0.161. The molecular formula is C12H10FP. The molecule has 2 aromatic carbocycles. The molecule has 0 aromatic heterocycles. The first-order valence-corrected chi connectivity index (χ1v) is 5.42. The quantitative estimate of drug-likeness (QED) is 0.659. The van der Waals surface area contributed by atoms with E-state index in [1.807, 2.05) is 24.3 Å². The van der Waals surface area contributed by atoms with Gasteiger partial charge < -0.3 is 0 Å². The van der Waals surface area contributed by atoms with Crippen molar-refractivity contribution in [1.82, 2.24) is 0 Å². The van der Waals surface area contributed by atoms with E-state index >= 15 is 0 Å². The lowest BCUT2D eigenvalue weighted by Gasteiger charge is -2.01. The number of hydrogen-bond acceptors (Lipinski definition) is 0. The van der Waals surface area contributed by atoms with Gasteiger partial charge in [-0.3, -0.25) is 0 Å². The van der Waals surface area contributed by atoms with Crippen molar-refractivity contribution in [3.8, 4) is 0 Å². The second-order valence-corrected chi connectivity index (χ2v) is 4.41. The molecule has 0 nitrogen and oxygen atoms in total. The summed E-state index contributed by atoms with van der Waals surface area (Å²) in [5.74, 6) is -0.161. The highest BCUT2D eigenvalue weighted by Gasteiger charge is 1.96. The van der Waals surface area contributed by atoms with E-state index in [1.165, 1.54) is 11.4 Å². The SMILES string of the molecule is Fc1cccc(Pc2ccccc2)c1. The van der Waals surface area contributed by atoms with Gasteiger partial charge in [-0.2, -0.15) is 0 Å². The van der Waals surface area contributed by atoms with Gasteiger partial charge in [0.15, 0.2) is 0 Å². The molecule has 70 valence electrons. The molecule has 0 radical (unpaired) electrons. The van der Waals surface area contributed by atoms with E-state index in [2.05, 4.69) is 12.1 Å². The number of hydrogen-bond donors (Lipinski definition) is 0. The third-order valence-corrected chi connectivity index (χ3v) is 3.11. The molecule has 0 fully saturated rings. The van der Waals surface area contributed by atoms with Crippen molar-refractivity contribution in [2.75, 3.05) is 0 Å². The lowest BCUT2D eigenvalue weighted by molar-refractivity contribution is 0.629. The van der Waals surface area contributed by atoms with Gasteiger partial charge in [0.25, 0.3) is 0 Å². The van der Waals surface area contributed by atoms with Crippen LogP contribution in [0.5, 0.6) is 0 Å². The molecule has 0 spiro atoms. The molecular weight excluding hydrogens is 194 g/mol. The summed E-state index contributed by atoms with van der Waals surface area (Å²) in [5, 5.41) is 2.27. The lowest BCUT2D eigenvalue weighted by Crippen LogP contribution is -2.02. The first kappa shape index (κ1) is 9.36. The van der Waals surface area contributed by atoms with E-state index in [0.717, 1.165) is 5.30 Å². The summed E-state index contributed by atoms with van der Waals surface area (Å²) >= 11 is 0. The number of halogens is 1. The van der Waals surface area contributed by atoms with Crippen molar-refractivity contribution in [3.05, 3.63) is 60.4 Å². The minimum Gasteiger partial charge on any atom is -0.207 e. The molecule has 2 aromatic rings. The van der Waals surface area contributed by atoms with Crippen LogP contribution in [-0.4, -0.2) is 0 Å². The van der Waals surface area contributed by atoms with E-state index < -0.39 is 0 Å². The Morgan fingerprint density at radius 3 is 2.21 bits per heavy atom. The fraction of sp³-hybridized carbons (Fsp3) is 0. The van der Waals surface area contributed by atoms with Crippen molar-refractivity contribution < 1.29 is 4.39 Å².